The molecule has 1 nitrogen and oxygen atoms in total. The first-order valence-electron chi connectivity index (χ1n) is 7.73. The summed E-state index contributed by atoms with van der Waals surface area (Å²) in [6.07, 6.45) is 12.8. The van der Waals surface area contributed by atoms with Crippen LogP contribution in [0.1, 0.15) is 67.8 Å². The third-order valence-electron chi connectivity index (χ3n) is 4.68. The quantitative estimate of drug-likeness (QED) is 0.780. The number of fused-ring (bicyclic) bond motifs is 1. The molecule has 1 fully saturated rings. The molecule has 2 aliphatic carbocycles. The summed E-state index contributed by atoms with van der Waals surface area (Å²) in [6, 6.07) is 3.01. The van der Waals surface area contributed by atoms with Gasteiger partial charge in [0.2, 0.25) is 0 Å². The smallest absolute Gasteiger partial charge is 0.0331 e. The van der Waals surface area contributed by atoms with Crippen LogP contribution in [0.15, 0.2) is 11.4 Å². The van der Waals surface area contributed by atoms with Crippen LogP contribution < -0.4 is 5.32 Å². The van der Waals surface area contributed by atoms with Crippen molar-refractivity contribution in [2.75, 3.05) is 6.54 Å². The van der Waals surface area contributed by atoms with Gasteiger partial charge in [0, 0.05) is 10.9 Å². The van der Waals surface area contributed by atoms with Crippen molar-refractivity contribution in [3.8, 4) is 0 Å². The van der Waals surface area contributed by atoms with E-state index in [0.29, 0.717) is 6.04 Å². The molecule has 0 radical (unpaired) electrons. The van der Waals surface area contributed by atoms with Crippen LogP contribution in [0, 0.1) is 5.92 Å². The van der Waals surface area contributed by atoms with Crippen LogP contribution in [0.5, 0.6) is 0 Å². The van der Waals surface area contributed by atoms with Crippen molar-refractivity contribution in [3.63, 3.8) is 0 Å². The number of rotatable bonds is 3. The van der Waals surface area contributed by atoms with Gasteiger partial charge in [0.25, 0.3) is 0 Å². The Morgan fingerprint density at radius 2 is 1.89 bits per heavy atom. The normalized spacial score (nSPS) is 25.7. The van der Waals surface area contributed by atoms with E-state index in [9.17, 15) is 0 Å². The van der Waals surface area contributed by atoms with E-state index in [-0.39, 0.29) is 0 Å². The van der Waals surface area contributed by atoms with Gasteiger partial charge in [0.15, 0.2) is 0 Å². The minimum absolute atomic E-state index is 0.656. The van der Waals surface area contributed by atoms with Crippen LogP contribution in [0.3, 0.4) is 0 Å². The molecule has 2 heteroatoms. The number of nitrogens with one attached hydrogen (secondary N) is 1. The fraction of sp³-hybridized carbons (Fsp3) is 0.750. The molecule has 0 aliphatic heterocycles. The van der Waals surface area contributed by atoms with Crippen molar-refractivity contribution in [3.05, 3.63) is 21.9 Å². The standard InChI is InChI=1S/C16H25NS/c1-2-4-7-13(6-3-1)12-17-15-8-5-9-16-14(15)10-11-18-16/h10-11,13,15,17H,1-9,12H2. The molecular formula is C16H25NS. The second-order valence-electron chi connectivity index (χ2n) is 6.01. The van der Waals surface area contributed by atoms with Gasteiger partial charge in [0.05, 0.1) is 0 Å². The van der Waals surface area contributed by atoms with Gasteiger partial charge in [-0.05, 0) is 61.6 Å². The Hall–Kier alpha value is -0.340. The van der Waals surface area contributed by atoms with Gasteiger partial charge >= 0.3 is 0 Å². The largest absolute Gasteiger partial charge is 0.310 e. The first kappa shape index (κ1) is 12.7. The molecule has 0 amide bonds. The minimum Gasteiger partial charge on any atom is -0.310 e. The molecule has 0 spiro atoms. The van der Waals surface area contributed by atoms with Gasteiger partial charge < -0.3 is 5.32 Å². The van der Waals surface area contributed by atoms with E-state index >= 15 is 0 Å². The lowest BCUT2D eigenvalue weighted by Gasteiger charge is -2.26. The van der Waals surface area contributed by atoms with Crippen molar-refractivity contribution >= 4 is 11.3 Å². The van der Waals surface area contributed by atoms with Crippen LogP contribution in [0.25, 0.3) is 0 Å². The van der Waals surface area contributed by atoms with Crippen molar-refractivity contribution in [1.29, 1.82) is 0 Å². The summed E-state index contributed by atoms with van der Waals surface area (Å²) >= 11 is 1.95. The third-order valence-corrected chi connectivity index (χ3v) is 5.68. The molecule has 0 saturated heterocycles. The summed E-state index contributed by atoms with van der Waals surface area (Å²) in [7, 11) is 0. The summed E-state index contributed by atoms with van der Waals surface area (Å²) in [5.74, 6) is 0.941. The van der Waals surface area contributed by atoms with Crippen molar-refractivity contribution in [2.24, 2.45) is 5.92 Å². The van der Waals surface area contributed by atoms with Crippen LogP contribution >= 0.6 is 11.3 Å². The SMILES string of the molecule is c1cc2c(s1)CCCC2NCC1CCCCCC1. The second kappa shape index (κ2) is 6.21. The monoisotopic (exact) mass is 263 g/mol. The van der Waals surface area contributed by atoms with Crippen LogP contribution in [-0.4, -0.2) is 6.54 Å². The summed E-state index contributed by atoms with van der Waals surface area (Å²) < 4.78 is 0. The molecule has 0 aromatic carbocycles. The van der Waals surface area contributed by atoms with Crippen LogP contribution in [0.2, 0.25) is 0 Å². The highest BCUT2D eigenvalue weighted by Crippen LogP contribution is 2.33. The predicted molar refractivity (Wildman–Crippen MR) is 79.2 cm³/mol. The van der Waals surface area contributed by atoms with E-state index in [2.05, 4.69) is 16.8 Å². The van der Waals surface area contributed by atoms with Crippen LogP contribution in [-0.2, 0) is 6.42 Å². The molecule has 1 unspecified atom stereocenters. The second-order valence-corrected chi connectivity index (χ2v) is 7.01. The molecule has 1 N–H and O–H groups in total. The van der Waals surface area contributed by atoms with Crippen molar-refractivity contribution in [2.45, 2.75) is 63.8 Å². The molecule has 1 heterocycles. The maximum absolute atomic E-state index is 3.87. The molecule has 3 rings (SSSR count). The first-order chi connectivity index (χ1) is 8.93. The lowest BCUT2D eigenvalue weighted by molar-refractivity contribution is 0.374. The van der Waals surface area contributed by atoms with Crippen molar-refractivity contribution < 1.29 is 0 Å². The summed E-state index contributed by atoms with van der Waals surface area (Å²) in [4.78, 5) is 1.64. The Morgan fingerprint density at radius 1 is 1.06 bits per heavy atom. The molecule has 1 aromatic heterocycles. The Kier molecular flexibility index (Phi) is 4.37. The molecule has 2 aliphatic rings. The molecular weight excluding hydrogens is 238 g/mol. The lowest BCUT2D eigenvalue weighted by atomic mass is 9.93. The van der Waals surface area contributed by atoms with Crippen molar-refractivity contribution in [1.82, 2.24) is 5.32 Å². The highest BCUT2D eigenvalue weighted by atomic mass is 32.1. The first-order valence-corrected chi connectivity index (χ1v) is 8.61. The van der Waals surface area contributed by atoms with Gasteiger partial charge in [-0.1, -0.05) is 25.7 Å². The topological polar surface area (TPSA) is 12.0 Å². The van der Waals surface area contributed by atoms with E-state index < -0.39 is 0 Å². The van der Waals surface area contributed by atoms with Gasteiger partial charge in [-0.15, -0.1) is 11.3 Å². The molecule has 1 saturated carbocycles. The Balaban J connectivity index is 1.54. The average molecular weight is 263 g/mol. The van der Waals surface area contributed by atoms with E-state index in [1.54, 1.807) is 10.4 Å². The van der Waals surface area contributed by atoms with Crippen LogP contribution in [0.4, 0.5) is 0 Å². The van der Waals surface area contributed by atoms with E-state index in [0.717, 1.165) is 5.92 Å². The number of aryl methyl sites for hydroxylation is 1. The van der Waals surface area contributed by atoms with E-state index in [1.165, 1.54) is 64.3 Å². The summed E-state index contributed by atoms with van der Waals surface area (Å²) in [5, 5.41) is 6.14. The molecule has 0 bridgehead atoms. The molecule has 1 aromatic rings. The zero-order chi connectivity index (χ0) is 12.2. The lowest BCUT2D eigenvalue weighted by Crippen LogP contribution is -2.29. The predicted octanol–water partition coefficient (Wildman–Crippen LogP) is 4.69. The van der Waals surface area contributed by atoms with Gasteiger partial charge in [-0.3, -0.25) is 0 Å². The molecule has 18 heavy (non-hydrogen) atoms. The van der Waals surface area contributed by atoms with Gasteiger partial charge in [0.1, 0.15) is 0 Å². The zero-order valence-corrected chi connectivity index (χ0v) is 12.1. The highest BCUT2D eigenvalue weighted by molar-refractivity contribution is 7.10. The Morgan fingerprint density at radius 3 is 2.72 bits per heavy atom. The Bertz CT molecular complexity index is 363. The average Bonchev–Trinajstić information content (AvgIpc) is 2.73. The highest BCUT2D eigenvalue weighted by Gasteiger charge is 2.22. The summed E-state index contributed by atoms with van der Waals surface area (Å²) in [6.45, 7) is 1.25. The maximum Gasteiger partial charge on any atom is 0.0331 e. The third kappa shape index (κ3) is 2.97. The minimum atomic E-state index is 0.656. The fourth-order valence-corrected chi connectivity index (χ4v) is 4.56. The number of hydrogen-bond donors (Lipinski definition) is 1. The Labute approximate surface area is 115 Å². The number of hydrogen-bond acceptors (Lipinski definition) is 2. The molecule has 1 atom stereocenters. The van der Waals surface area contributed by atoms with E-state index in [1.807, 2.05) is 11.3 Å². The maximum atomic E-state index is 3.87. The fourth-order valence-electron chi connectivity index (χ4n) is 3.58. The number of thiophene rings is 1. The van der Waals surface area contributed by atoms with E-state index in [4.69, 9.17) is 0 Å². The van der Waals surface area contributed by atoms with Gasteiger partial charge in [-0.25, -0.2) is 0 Å². The molecule has 100 valence electrons. The summed E-state index contributed by atoms with van der Waals surface area (Å²) in [5.41, 5.74) is 1.61. The van der Waals surface area contributed by atoms with Gasteiger partial charge in [-0.2, -0.15) is 0 Å². The zero-order valence-electron chi connectivity index (χ0n) is 11.3.